The molecule has 1 aromatic carbocycles. The second-order valence-electron chi connectivity index (χ2n) is 2.94. The molecule has 0 aliphatic heterocycles. The molecule has 2 rings (SSSR count). The maximum atomic E-state index is 11.2. The highest BCUT2D eigenvalue weighted by Gasteiger charge is 2.13. The van der Waals surface area contributed by atoms with Crippen LogP contribution < -0.4 is 5.63 Å². The summed E-state index contributed by atoms with van der Waals surface area (Å²) in [6.45, 7) is 0. The van der Waals surface area contributed by atoms with Crippen LogP contribution in [-0.4, -0.2) is 16.2 Å². The summed E-state index contributed by atoms with van der Waals surface area (Å²) in [7, 11) is 0. The van der Waals surface area contributed by atoms with Crippen LogP contribution >= 0.6 is 0 Å². The zero-order chi connectivity index (χ0) is 11.0. The molecule has 1 aromatic heterocycles. The molecule has 2 N–H and O–H groups in total. The molecule has 0 aliphatic carbocycles. The Labute approximate surface area is 83.2 Å². The first-order chi connectivity index (χ1) is 7.09. The van der Waals surface area contributed by atoms with E-state index >= 15 is 0 Å². The van der Waals surface area contributed by atoms with Gasteiger partial charge in [-0.1, -0.05) is 6.07 Å². The van der Waals surface area contributed by atoms with Gasteiger partial charge in [0.25, 0.3) is 0 Å². The van der Waals surface area contributed by atoms with Crippen LogP contribution in [0.3, 0.4) is 0 Å². The maximum absolute atomic E-state index is 11.2. The van der Waals surface area contributed by atoms with E-state index in [4.69, 9.17) is 9.52 Å². The first kappa shape index (κ1) is 9.26. The van der Waals surface area contributed by atoms with E-state index in [0.717, 1.165) is 6.07 Å². The van der Waals surface area contributed by atoms with E-state index in [1.54, 1.807) is 0 Å². The van der Waals surface area contributed by atoms with Crippen LogP contribution in [0.4, 0.5) is 0 Å². The van der Waals surface area contributed by atoms with Crippen molar-refractivity contribution in [3.8, 4) is 5.75 Å². The van der Waals surface area contributed by atoms with Crippen LogP contribution in [0.5, 0.6) is 5.75 Å². The Bertz CT molecular complexity index is 596. The van der Waals surface area contributed by atoms with Gasteiger partial charge < -0.3 is 14.6 Å². The van der Waals surface area contributed by atoms with Gasteiger partial charge in [-0.05, 0) is 18.2 Å². The fourth-order valence-electron chi connectivity index (χ4n) is 1.27. The van der Waals surface area contributed by atoms with Crippen LogP contribution in [-0.2, 0) is 0 Å². The van der Waals surface area contributed by atoms with Crippen molar-refractivity contribution < 1.29 is 19.4 Å². The van der Waals surface area contributed by atoms with Crippen molar-refractivity contribution in [2.24, 2.45) is 0 Å². The number of phenols is 1. The number of benzene rings is 1. The molecule has 76 valence electrons. The van der Waals surface area contributed by atoms with E-state index in [-0.39, 0.29) is 16.7 Å². The Kier molecular flexibility index (Phi) is 1.93. The predicted octanol–water partition coefficient (Wildman–Crippen LogP) is 1.20. The number of rotatable bonds is 1. The first-order valence-corrected chi connectivity index (χ1v) is 4.09. The largest absolute Gasteiger partial charge is 0.507 e. The molecule has 2 aromatic rings. The lowest BCUT2D eigenvalue weighted by Gasteiger charge is -1.99. The van der Waals surface area contributed by atoms with E-state index in [2.05, 4.69) is 0 Å². The quantitative estimate of drug-likeness (QED) is 0.684. The molecule has 0 saturated heterocycles. The highest BCUT2D eigenvalue weighted by molar-refractivity contribution is 5.93. The van der Waals surface area contributed by atoms with E-state index in [1.807, 2.05) is 0 Å². The van der Waals surface area contributed by atoms with Gasteiger partial charge >= 0.3 is 11.6 Å². The molecule has 5 heteroatoms. The molecular formula is C10H6O5. The molecule has 0 bridgehead atoms. The molecule has 0 saturated carbocycles. The van der Waals surface area contributed by atoms with Crippen molar-refractivity contribution >= 4 is 16.9 Å². The third-order valence-corrected chi connectivity index (χ3v) is 1.98. The van der Waals surface area contributed by atoms with E-state index in [9.17, 15) is 14.7 Å². The number of carboxylic acids is 1. The lowest BCUT2D eigenvalue weighted by molar-refractivity contribution is 0.0692. The van der Waals surface area contributed by atoms with Crippen molar-refractivity contribution in [2.75, 3.05) is 0 Å². The summed E-state index contributed by atoms with van der Waals surface area (Å²) in [5, 5.41) is 18.3. The van der Waals surface area contributed by atoms with Gasteiger partial charge in [0.2, 0.25) is 0 Å². The van der Waals surface area contributed by atoms with Gasteiger partial charge in [0.15, 0.2) is 0 Å². The van der Waals surface area contributed by atoms with Crippen LogP contribution in [0.1, 0.15) is 10.4 Å². The molecule has 5 nitrogen and oxygen atoms in total. The number of hydrogen-bond acceptors (Lipinski definition) is 4. The number of aromatic hydroxyl groups is 1. The van der Waals surface area contributed by atoms with Gasteiger partial charge in [0.1, 0.15) is 16.9 Å². The predicted molar refractivity (Wildman–Crippen MR) is 51.1 cm³/mol. The highest BCUT2D eigenvalue weighted by Crippen LogP contribution is 2.23. The van der Waals surface area contributed by atoms with Crippen LogP contribution in [0.2, 0.25) is 0 Å². The third kappa shape index (κ3) is 1.43. The van der Waals surface area contributed by atoms with Gasteiger partial charge in [-0.3, -0.25) is 0 Å². The second kappa shape index (κ2) is 3.13. The molecule has 0 unspecified atom stereocenters. The number of fused-ring (bicyclic) bond motifs is 1. The minimum absolute atomic E-state index is 0.126. The van der Waals surface area contributed by atoms with Crippen LogP contribution in [0.25, 0.3) is 11.0 Å². The second-order valence-corrected chi connectivity index (χ2v) is 2.94. The van der Waals surface area contributed by atoms with E-state index in [1.165, 1.54) is 18.2 Å². The minimum Gasteiger partial charge on any atom is -0.507 e. The Morgan fingerprint density at radius 2 is 2.07 bits per heavy atom. The molecular weight excluding hydrogens is 200 g/mol. The van der Waals surface area contributed by atoms with Gasteiger partial charge in [-0.2, -0.15) is 0 Å². The van der Waals surface area contributed by atoms with Gasteiger partial charge in [0.05, 0.1) is 5.39 Å². The third-order valence-electron chi connectivity index (χ3n) is 1.98. The average molecular weight is 206 g/mol. The van der Waals surface area contributed by atoms with Crippen molar-refractivity contribution in [3.05, 3.63) is 40.2 Å². The van der Waals surface area contributed by atoms with Gasteiger partial charge in [0, 0.05) is 0 Å². The molecule has 0 radical (unpaired) electrons. The topological polar surface area (TPSA) is 87.7 Å². The SMILES string of the molecule is O=C(O)c1cc2c(O)cccc2oc1=O. The zero-order valence-electron chi connectivity index (χ0n) is 7.43. The standard InChI is InChI=1S/C10H6O5/c11-7-2-1-3-8-5(7)4-6(9(12)13)10(14)15-8/h1-4,11H,(H,12,13). The number of carboxylic acid groups (broad SMARTS) is 1. The van der Waals surface area contributed by atoms with Crippen molar-refractivity contribution in [3.63, 3.8) is 0 Å². The average Bonchev–Trinajstić information content (AvgIpc) is 2.16. The monoisotopic (exact) mass is 206 g/mol. The molecule has 0 aliphatic rings. The summed E-state index contributed by atoms with van der Waals surface area (Å²) in [6.07, 6.45) is 0. The fraction of sp³-hybridized carbons (Fsp3) is 0. The Morgan fingerprint density at radius 3 is 2.73 bits per heavy atom. The van der Waals surface area contributed by atoms with Crippen LogP contribution in [0, 0.1) is 0 Å². The maximum Gasteiger partial charge on any atom is 0.351 e. The van der Waals surface area contributed by atoms with Crippen molar-refractivity contribution in [2.45, 2.75) is 0 Å². The zero-order valence-corrected chi connectivity index (χ0v) is 7.43. The lowest BCUT2D eigenvalue weighted by atomic mass is 10.1. The molecule has 0 fully saturated rings. The van der Waals surface area contributed by atoms with Crippen molar-refractivity contribution in [1.29, 1.82) is 0 Å². The van der Waals surface area contributed by atoms with E-state index < -0.39 is 17.2 Å². The summed E-state index contributed by atoms with van der Waals surface area (Å²) in [5.74, 6) is -1.51. The summed E-state index contributed by atoms with van der Waals surface area (Å²) in [4.78, 5) is 21.8. The number of phenolic OH excluding ortho intramolecular Hbond substituents is 1. The first-order valence-electron chi connectivity index (χ1n) is 4.09. The molecule has 15 heavy (non-hydrogen) atoms. The highest BCUT2D eigenvalue weighted by atomic mass is 16.4. The number of hydrogen-bond donors (Lipinski definition) is 2. The number of aromatic carboxylic acids is 1. The Balaban J connectivity index is 2.90. The van der Waals surface area contributed by atoms with Crippen molar-refractivity contribution in [1.82, 2.24) is 0 Å². The minimum atomic E-state index is -1.38. The van der Waals surface area contributed by atoms with Gasteiger partial charge in [-0.15, -0.1) is 0 Å². The van der Waals surface area contributed by atoms with E-state index in [0.29, 0.717) is 0 Å². The fourth-order valence-corrected chi connectivity index (χ4v) is 1.27. The number of carbonyl (C=O) groups is 1. The molecule has 0 atom stereocenters. The summed E-state index contributed by atoms with van der Waals surface area (Å²) >= 11 is 0. The normalized spacial score (nSPS) is 10.4. The summed E-state index contributed by atoms with van der Waals surface area (Å²) < 4.78 is 4.74. The summed E-state index contributed by atoms with van der Waals surface area (Å²) in [5.41, 5.74) is -1.27. The Morgan fingerprint density at radius 1 is 1.33 bits per heavy atom. The van der Waals surface area contributed by atoms with Crippen LogP contribution in [0.15, 0.2) is 33.5 Å². The Hall–Kier alpha value is -2.30. The molecule has 0 spiro atoms. The molecule has 1 heterocycles. The smallest absolute Gasteiger partial charge is 0.351 e. The van der Waals surface area contributed by atoms with Gasteiger partial charge in [-0.25, -0.2) is 9.59 Å². The summed E-state index contributed by atoms with van der Waals surface area (Å²) in [6, 6.07) is 5.45. The lowest BCUT2D eigenvalue weighted by Crippen LogP contribution is -2.12. The molecule has 0 amide bonds.